The van der Waals surface area contributed by atoms with Crippen LogP contribution < -0.4 is 10.1 Å². The molecule has 0 amide bonds. The van der Waals surface area contributed by atoms with Gasteiger partial charge in [0, 0.05) is 18.3 Å². The van der Waals surface area contributed by atoms with Crippen LogP contribution in [0.4, 0.5) is 5.69 Å². The van der Waals surface area contributed by atoms with E-state index in [9.17, 15) is 4.79 Å². The van der Waals surface area contributed by atoms with Crippen LogP contribution in [-0.4, -0.2) is 24.7 Å². The van der Waals surface area contributed by atoms with Gasteiger partial charge in [0.05, 0.1) is 13.0 Å². The van der Waals surface area contributed by atoms with E-state index in [0.717, 1.165) is 22.6 Å². The average Bonchev–Trinajstić information content (AvgIpc) is 2.66. The topological polar surface area (TPSA) is 56.8 Å². The van der Waals surface area contributed by atoms with Gasteiger partial charge in [-0.3, -0.25) is 4.79 Å². The summed E-state index contributed by atoms with van der Waals surface area (Å²) in [5.74, 6) is 0.505. The number of nitrogens with one attached hydrogen (secondary N) is 1. The van der Waals surface area contributed by atoms with Gasteiger partial charge in [-0.15, -0.1) is 0 Å². The molecule has 2 atom stereocenters. The van der Waals surface area contributed by atoms with Crippen LogP contribution in [0.5, 0.6) is 5.75 Å². The zero-order valence-electron chi connectivity index (χ0n) is 18.8. The summed E-state index contributed by atoms with van der Waals surface area (Å²) in [6.45, 7) is 10.4. The Bertz CT molecular complexity index is 870. The van der Waals surface area contributed by atoms with Crippen LogP contribution in [0.25, 0.3) is 0 Å². The molecule has 0 saturated carbocycles. The van der Waals surface area contributed by atoms with Gasteiger partial charge in [-0.25, -0.2) is 0 Å². The number of hydrogen-bond acceptors (Lipinski definition) is 5. The van der Waals surface area contributed by atoms with E-state index >= 15 is 0 Å². The van der Waals surface area contributed by atoms with Crippen LogP contribution in [0, 0.1) is 5.41 Å². The molecule has 0 aromatic heterocycles. The molecule has 5 nitrogen and oxygen atoms in total. The summed E-state index contributed by atoms with van der Waals surface area (Å²) in [6, 6.07) is 15.9. The van der Waals surface area contributed by atoms with Gasteiger partial charge >= 0.3 is 5.97 Å². The van der Waals surface area contributed by atoms with E-state index in [1.54, 1.807) is 0 Å². The van der Waals surface area contributed by atoms with E-state index < -0.39 is 17.8 Å². The van der Waals surface area contributed by atoms with Crippen molar-refractivity contribution in [2.75, 3.05) is 12.4 Å². The normalized spacial score (nSPS) is 20.1. The summed E-state index contributed by atoms with van der Waals surface area (Å²) in [5.41, 5.74) is 2.00. The van der Waals surface area contributed by atoms with Crippen LogP contribution in [0.1, 0.15) is 58.3 Å². The number of benzene rings is 2. The molecule has 2 unspecified atom stereocenters. The van der Waals surface area contributed by atoms with Gasteiger partial charge in [-0.05, 0) is 43.0 Å². The van der Waals surface area contributed by atoms with Crippen molar-refractivity contribution in [1.82, 2.24) is 0 Å². The molecule has 0 fully saturated rings. The van der Waals surface area contributed by atoms with Gasteiger partial charge in [-0.2, -0.15) is 0 Å². The molecule has 2 aromatic rings. The quantitative estimate of drug-likeness (QED) is 0.636. The van der Waals surface area contributed by atoms with Crippen molar-refractivity contribution in [2.24, 2.45) is 5.41 Å². The van der Waals surface area contributed by atoms with Crippen LogP contribution in [0.3, 0.4) is 0 Å². The third-order valence-corrected chi connectivity index (χ3v) is 5.14. The van der Waals surface area contributed by atoms with Gasteiger partial charge in [0.25, 0.3) is 0 Å². The maximum atomic E-state index is 12.7. The van der Waals surface area contributed by atoms with Gasteiger partial charge in [0.2, 0.25) is 0 Å². The molecule has 5 heteroatoms. The molecule has 30 heavy (non-hydrogen) atoms. The fourth-order valence-electron chi connectivity index (χ4n) is 3.65. The van der Waals surface area contributed by atoms with E-state index in [1.165, 1.54) is 0 Å². The summed E-state index contributed by atoms with van der Waals surface area (Å²) < 4.78 is 18.7. The number of carbonyl (C=O) groups is 1. The zero-order chi connectivity index (χ0) is 21.9. The molecule has 2 aromatic carbocycles. The minimum atomic E-state index is -0.733. The Labute approximate surface area is 179 Å². The van der Waals surface area contributed by atoms with Crippen LogP contribution in [0.15, 0.2) is 48.5 Å². The number of hydrogen-bond donors (Lipinski definition) is 1. The predicted molar refractivity (Wildman–Crippen MR) is 119 cm³/mol. The summed E-state index contributed by atoms with van der Waals surface area (Å²) in [5, 5.41) is 3.16. The van der Waals surface area contributed by atoms with E-state index in [2.05, 4.69) is 5.32 Å². The first-order valence-electron chi connectivity index (χ1n) is 10.4. The smallest absolute Gasteiger partial charge is 0.306 e. The molecule has 0 saturated heterocycles. The second-order valence-corrected chi connectivity index (χ2v) is 9.57. The van der Waals surface area contributed by atoms with E-state index in [-0.39, 0.29) is 11.4 Å². The highest BCUT2D eigenvalue weighted by Crippen LogP contribution is 2.45. The second kappa shape index (κ2) is 8.68. The number of rotatable bonds is 6. The maximum absolute atomic E-state index is 12.7. The Hall–Kier alpha value is -2.53. The lowest BCUT2D eigenvalue weighted by Gasteiger charge is -2.44. The molecule has 0 spiro atoms. The number of carbonyl (C=O) groups excluding carboxylic acids is 1. The van der Waals surface area contributed by atoms with E-state index in [4.69, 9.17) is 14.2 Å². The summed E-state index contributed by atoms with van der Waals surface area (Å²) in [7, 11) is 1.87. The van der Waals surface area contributed by atoms with Crippen LogP contribution in [-0.2, 0) is 20.9 Å². The van der Waals surface area contributed by atoms with E-state index in [1.807, 2.05) is 90.2 Å². The Morgan fingerprint density at radius 1 is 1.13 bits per heavy atom. The lowest BCUT2D eigenvalue weighted by molar-refractivity contribution is -0.187. The number of fused-ring (bicyclic) bond motifs is 1. The average molecular weight is 412 g/mol. The third kappa shape index (κ3) is 5.33. The van der Waals surface area contributed by atoms with Crippen molar-refractivity contribution < 1.29 is 19.0 Å². The fraction of sp³-hybridized carbons (Fsp3) is 0.480. The lowest BCUT2D eigenvalue weighted by atomic mass is 9.87. The largest absolute Gasteiger partial charge is 0.483 e. The van der Waals surface area contributed by atoms with Gasteiger partial charge in [-0.1, -0.05) is 51.1 Å². The van der Waals surface area contributed by atoms with E-state index in [0.29, 0.717) is 13.0 Å². The SMILES string of the molecule is CNc1ccc2c(c1)C(OCc1ccccc1)C(OC(=O)CC(C)(C)C)C(C)(C)O2. The Morgan fingerprint density at radius 3 is 2.47 bits per heavy atom. The van der Waals surface area contributed by atoms with Crippen LogP contribution >= 0.6 is 0 Å². The molecule has 1 aliphatic heterocycles. The highest BCUT2D eigenvalue weighted by Gasteiger charge is 2.47. The Morgan fingerprint density at radius 2 is 1.83 bits per heavy atom. The first-order chi connectivity index (χ1) is 14.1. The minimum absolute atomic E-state index is 0.158. The van der Waals surface area contributed by atoms with Crippen molar-refractivity contribution in [3.8, 4) is 5.75 Å². The van der Waals surface area contributed by atoms with Crippen molar-refractivity contribution in [1.29, 1.82) is 0 Å². The molecular formula is C25H33NO4. The fourth-order valence-corrected chi connectivity index (χ4v) is 3.65. The third-order valence-electron chi connectivity index (χ3n) is 5.14. The van der Waals surface area contributed by atoms with Gasteiger partial charge in [0.1, 0.15) is 17.5 Å². The number of anilines is 1. The van der Waals surface area contributed by atoms with Gasteiger partial charge in [0.15, 0.2) is 6.10 Å². The van der Waals surface area contributed by atoms with Crippen molar-refractivity contribution in [2.45, 2.75) is 65.5 Å². The monoisotopic (exact) mass is 411 g/mol. The van der Waals surface area contributed by atoms with Crippen molar-refractivity contribution >= 4 is 11.7 Å². The molecule has 1 aliphatic rings. The molecule has 0 aliphatic carbocycles. The summed E-state index contributed by atoms with van der Waals surface area (Å²) in [4.78, 5) is 12.7. The first-order valence-corrected chi connectivity index (χ1v) is 10.4. The highest BCUT2D eigenvalue weighted by atomic mass is 16.6. The molecule has 0 radical (unpaired) electrons. The highest BCUT2D eigenvalue weighted by molar-refractivity contribution is 5.70. The zero-order valence-corrected chi connectivity index (χ0v) is 18.8. The van der Waals surface area contributed by atoms with Crippen molar-refractivity contribution in [3.63, 3.8) is 0 Å². The first kappa shape index (κ1) is 22.2. The molecular weight excluding hydrogens is 378 g/mol. The molecule has 162 valence electrons. The molecule has 3 rings (SSSR count). The number of ether oxygens (including phenoxy) is 3. The molecule has 1 N–H and O–H groups in total. The number of esters is 1. The van der Waals surface area contributed by atoms with Gasteiger partial charge < -0.3 is 19.5 Å². The standard InChI is InChI=1S/C25H33NO4/c1-24(2,3)15-21(27)29-23-22(28-16-17-10-8-7-9-11-17)19-14-18(26-6)12-13-20(19)30-25(23,4)5/h7-14,22-23,26H,15-16H2,1-6H3. The summed E-state index contributed by atoms with van der Waals surface area (Å²) >= 11 is 0. The lowest BCUT2D eigenvalue weighted by Crippen LogP contribution is -2.52. The second-order valence-electron chi connectivity index (χ2n) is 9.57. The van der Waals surface area contributed by atoms with Crippen LogP contribution in [0.2, 0.25) is 0 Å². The summed E-state index contributed by atoms with van der Waals surface area (Å²) in [6.07, 6.45) is -0.689. The molecule has 1 heterocycles. The minimum Gasteiger partial charge on any atom is -0.483 e. The Kier molecular flexibility index (Phi) is 6.41. The Balaban J connectivity index is 1.94. The predicted octanol–water partition coefficient (Wildman–Crippen LogP) is 5.51. The molecule has 0 bridgehead atoms. The van der Waals surface area contributed by atoms with Crippen molar-refractivity contribution in [3.05, 3.63) is 59.7 Å². The maximum Gasteiger partial charge on any atom is 0.306 e.